The average Bonchev–Trinajstić information content (AvgIpc) is 2.78. The maximum Gasteiger partial charge on any atom is 0.344 e. The predicted molar refractivity (Wildman–Crippen MR) is 113 cm³/mol. The lowest BCUT2D eigenvalue weighted by molar-refractivity contribution is -0.149. The third-order valence-electron chi connectivity index (χ3n) is 4.27. The number of nitrogens with one attached hydrogen (secondary N) is 1. The van der Waals surface area contributed by atoms with Gasteiger partial charge in [-0.3, -0.25) is 4.79 Å². The zero-order chi connectivity index (χ0) is 22.3. The molecule has 11 heteroatoms. The largest absolute Gasteiger partial charge is 0.480 e. The Bertz CT molecular complexity index is 1040. The van der Waals surface area contributed by atoms with Gasteiger partial charge in [0.15, 0.2) is 13.2 Å². The Hall–Kier alpha value is -2.66. The van der Waals surface area contributed by atoms with Crippen LogP contribution >= 0.6 is 11.6 Å². The molecule has 1 heterocycles. The summed E-state index contributed by atoms with van der Waals surface area (Å²) in [5.74, 6) is -1.05. The molecule has 0 unspecified atom stereocenters. The number of amides is 1. The number of para-hydroxylation sites is 1. The van der Waals surface area contributed by atoms with E-state index in [2.05, 4.69) is 5.32 Å². The van der Waals surface area contributed by atoms with Crippen LogP contribution in [0.2, 0.25) is 5.02 Å². The molecule has 0 saturated carbocycles. The summed E-state index contributed by atoms with van der Waals surface area (Å²) in [6.07, 6.45) is 0. The Kier molecular flexibility index (Phi) is 7.85. The van der Waals surface area contributed by atoms with Crippen molar-refractivity contribution in [1.82, 2.24) is 4.31 Å². The van der Waals surface area contributed by atoms with Gasteiger partial charge in [0.25, 0.3) is 5.91 Å². The van der Waals surface area contributed by atoms with Gasteiger partial charge in [-0.1, -0.05) is 29.8 Å². The van der Waals surface area contributed by atoms with Gasteiger partial charge in [-0.05, 0) is 30.3 Å². The molecule has 166 valence electrons. The number of nitrogens with zero attached hydrogens (tertiary/aromatic N) is 1. The lowest BCUT2D eigenvalue weighted by atomic mass is 10.3. The summed E-state index contributed by atoms with van der Waals surface area (Å²) in [6.45, 7) is 0.244. The third-order valence-corrected chi connectivity index (χ3v) is 6.48. The molecule has 0 bridgehead atoms. The molecule has 1 N–H and O–H groups in total. The number of rotatable bonds is 8. The van der Waals surface area contributed by atoms with Crippen LogP contribution in [0.1, 0.15) is 0 Å². The summed E-state index contributed by atoms with van der Waals surface area (Å²) in [5.41, 5.74) is 0.266. The van der Waals surface area contributed by atoms with E-state index in [0.29, 0.717) is 24.0 Å². The maximum atomic E-state index is 12.7. The Morgan fingerprint density at radius 1 is 1.06 bits per heavy atom. The van der Waals surface area contributed by atoms with Crippen LogP contribution < -0.4 is 10.1 Å². The average molecular weight is 469 g/mol. The highest BCUT2D eigenvalue weighted by molar-refractivity contribution is 7.89. The molecular weight excluding hydrogens is 448 g/mol. The molecule has 0 spiro atoms. The first kappa shape index (κ1) is 23.0. The van der Waals surface area contributed by atoms with Crippen LogP contribution in [0.5, 0.6) is 5.75 Å². The van der Waals surface area contributed by atoms with Crippen molar-refractivity contribution >= 4 is 39.2 Å². The van der Waals surface area contributed by atoms with Gasteiger partial charge in [0.05, 0.1) is 23.1 Å². The fourth-order valence-electron chi connectivity index (χ4n) is 2.75. The number of morpholine rings is 1. The summed E-state index contributed by atoms with van der Waals surface area (Å²) in [7, 11) is -3.69. The summed E-state index contributed by atoms with van der Waals surface area (Å²) in [4.78, 5) is 23.9. The molecule has 0 atom stereocenters. The van der Waals surface area contributed by atoms with Crippen LogP contribution in [0, 0.1) is 0 Å². The van der Waals surface area contributed by atoms with Crippen molar-refractivity contribution in [1.29, 1.82) is 0 Å². The Morgan fingerprint density at radius 3 is 2.55 bits per heavy atom. The fraction of sp³-hybridized carbons (Fsp3) is 0.300. The van der Waals surface area contributed by atoms with Gasteiger partial charge in [-0.25, -0.2) is 13.2 Å². The van der Waals surface area contributed by atoms with Gasteiger partial charge >= 0.3 is 5.97 Å². The normalized spacial score (nSPS) is 14.6. The van der Waals surface area contributed by atoms with Crippen LogP contribution in [0.3, 0.4) is 0 Å². The van der Waals surface area contributed by atoms with Crippen LogP contribution in [-0.4, -0.2) is 64.1 Å². The Morgan fingerprint density at radius 2 is 1.81 bits per heavy atom. The van der Waals surface area contributed by atoms with E-state index in [4.69, 9.17) is 25.8 Å². The monoisotopic (exact) mass is 468 g/mol. The molecule has 3 rings (SSSR count). The third kappa shape index (κ3) is 6.41. The van der Waals surface area contributed by atoms with Gasteiger partial charge in [-0.15, -0.1) is 0 Å². The van der Waals surface area contributed by atoms with Crippen LogP contribution in [0.15, 0.2) is 53.4 Å². The van der Waals surface area contributed by atoms with Crippen molar-refractivity contribution in [2.75, 3.05) is 44.8 Å². The summed E-state index contributed by atoms with van der Waals surface area (Å²) in [5, 5.41) is 2.86. The molecule has 1 aliphatic heterocycles. The number of esters is 1. The molecule has 0 aromatic heterocycles. The zero-order valence-corrected chi connectivity index (χ0v) is 18.0. The van der Waals surface area contributed by atoms with Gasteiger partial charge in [0.2, 0.25) is 10.0 Å². The first-order valence-corrected chi connectivity index (χ1v) is 11.2. The van der Waals surface area contributed by atoms with Gasteiger partial charge < -0.3 is 19.5 Å². The minimum absolute atomic E-state index is 0.0531. The van der Waals surface area contributed by atoms with Crippen LogP contribution in [0.4, 0.5) is 5.69 Å². The highest BCUT2D eigenvalue weighted by Crippen LogP contribution is 2.23. The van der Waals surface area contributed by atoms with E-state index in [1.165, 1.54) is 22.5 Å². The van der Waals surface area contributed by atoms with E-state index in [-0.39, 0.29) is 23.7 Å². The van der Waals surface area contributed by atoms with E-state index in [9.17, 15) is 18.0 Å². The minimum atomic E-state index is -3.69. The number of hydrogen-bond donors (Lipinski definition) is 1. The number of hydrogen-bond acceptors (Lipinski definition) is 7. The molecule has 1 aliphatic rings. The SMILES string of the molecule is O=C(COC(=O)COc1ccccc1Cl)Nc1cccc(S(=O)(=O)N2CCOCC2)c1. The summed E-state index contributed by atoms with van der Waals surface area (Å²) >= 11 is 5.93. The van der Waals surface area contributed by atoms with Gasteiger partial charge in [0.1, 0.15) is 5.75 Å². The van der Waals surface area contributed by atoms with E-state index in [1.807, 2.05) is 0 Å². The standard InChI is InChI=1S/C20H21ClN2O7S/c21-17-6-1-2-7-18(17)29-14-20(25)30-13-19(24)22-15-4-3-5-16(12-15)31(26,27)23-8-10-28-11-9-23/h1-7,12H,8-11,13-14H2,(H,22,24). The van der Waals surface area contributed by atoms with E-state index in [1.54, 1.807) is 30.3 Å². The van der Waals surface area contributed by atoms with E-state index < -0.39 is 35.1 Å². The molecule has 2 aromatic carbocycles. The second kappa shape index (κ2) is 10.6. The molecule has 1 amide bonds. The number of carbonyl (C=O) groups excluding carboxylic acids is 2. The zero-order valence-electron chi connectivity index (χ0n) is 16.5. The number of sulfonamides is 1. The Labute approximate surface area is 184 Å². The lowest BCUT2D eigenvalue weighted by Crippen LogP contribution is -2.40. The number of ether oxygens (including phenoxy) is 3. The smallest absolute Gasteiger partial charge is 0.344 e. The first-order valence-electron chi connectivity index (χ1n) is 9.37. The maximum absolute atomic E-state index is 12.7. The topological polar surface area (TPSA) is 111 Å². The van der Waals surface area contributed by atoms with Crippen molar-refractivity contribution in [3.63, 3.8) is 0 Å². The molecule has 0 aliphatic carbocycles. The molecule has 2 aromatic rings. The highest BCUT2D eigenvalue weighted by Gasteiger charge is 2.26. The highest BCUT2D eigenvalue weighted by atomic mass is 35.5. The molecule has 31 heavy (non-hydrogen) atoms. The molecule has 9 nitrogen and oxygen atoms in total. The number of benzene rings is 2. The van der Waals surface area contributed by atoms with Crippen molar-refractivity contribution in [2.45, 2.75) is 4.90 Å². The van der Waals surface area contributed by atoms with Crippen molar-refractivity contribution in [3.8, 4) is 5.75 Å². The predicted octanol–water partition coefficient (Wildman–Crippen LogP) is 1.92. The first-order chi connectivity index (χ1) is 14.9. The van der Waals surface area contributed by atoms with Crippen LogP contribution in [0.25, 0.3) is 0 Å². The number of halogens is 1. The van der Waals surface area contributed by atoms with E-state index >= 15 is 0 Å². The lowest BCUT2D eigenvalue weighted by Gasteiger charge is -2.26. The molecule has 1 saturated heterocycles. The summed E-state index contributed by atoms with van der Waals surface area (Å²) in [6, 6.07) is 12.5. The second-order valence-corrected chi connectivity index (χ2v) is 8.82. The minimum Gasteiger partial charge on any atom is -0.480 e. The Balaban J connectivity index is 1.51. The second-order valence-electron chi connectivity index (χ2n) is 6.47. The molecule has 0 radical (unpaired) electrons. The van der Waals surface area contributed by atoms with Crippen molar-refractivity contribution in [2.24, 2.45) is 0 Å². The quantitative estimate of drug-likeness (QED) is 0.589. The van der Waals surface area contributed by atoms with Crippen molar-refractivity contribution in [3.05, 3.63) is 53.6 Å². The number of anilines is 1. The molecular formula is C20H21ClN2O7S. The molecule has 1 fully saturated rings. The van der Waals surface area contributed by atoms with Gasteiger partial charge in [-0.2, -0.15) is 4.31 Å². The summed E-state index contributed by atoms with van der Waals surface area (Å²) < 4.78 is 42.1. The number of carbonyl (C=O) groups is 2. The van der Waals surface area contributed by atoms with Crippen LogP contribution in [-0.2, 0) is 29.1 Å². The fourth-order valence-corrected chi connectivity index (χ4v) is 4.40. The van der Waals surface area contributed by atoms with E-state index in [0.717, 1.165) is 0 Å². The van der Waals surface area contributed by atoms with Crippen molar-refractivity contribution < 1.29 is 32.2 Å². The van der Waals surface area contributed by atoms with Gasteiger partial charge in [0, 0.05) is 18.8 Å².